The zero-order valence-corrected chi connectivity index (χ0v) is 18.8. The van der Waals surface area contributed by atoms with E-state index in [9.17, 15) is 14.4 Å². The molecule has 0 aliphatic heterocycles. The number of halogens is 1. The van der Waals surface area contributed by atoms with Crippen molar-refractivity contribution >= 4 is 57.5 Å². The van der Waals surface area contributed by atoms with Gasteiger partial charge in [0.15, 0.2) is 6.61 Å². The van der Waals surface area contributed by atoms with E-state index in [1.54, 1.807) is 31.2 Å². The van der Waals surface area contributed by atoms with E-state index in [4.69, 9.17) is 21.1 Å². The number of thioether (sulfide) groups is 1. The molecule has 1 amide bonds. The summed E-state index contributed by atoms with van der Waals surface area (Å²) in [6.45, 7) is 5.36. The number of rotatable bonds is 9. The normalized spacial score (nSPS) is 10.5. The number of nitrogens with one attached hydrogen (secondary N) is 1. The maximum atomic E-state index is 12.3. The molecule has 0 saturated heterocycles. The highest BCUT2D eigenvalue weighted by atomic mass is 35.5. The van der Waals surface area contributed by atoms with Crippen molar-refractivity contribution in [1.29, 1.82) is 0 Å². The minimum absolute atomic E-state index is 0.0705. The van der Waals surface area contributed by atoms with Gasteiger partial charge in [0, 0.05) is 14.8 Å². The van der Waals surface area contributed by atoms with Gasteiger partial charge in [-0.3, -0.25) is 9.59 Å². The number of esters is 2. The molecule has 29 heavy (non-hydrogen) atoms. The molecule has 0 fully saturated rings. The number of thiophene rings is 1. The summed E-state index contributed by atoms with van der Waals surface area (Å²) in [5.41, 5.74) is 1.22. The molecule has 1 aromatic heterocycles. The van der Waals surface area contributed by atoms with Crippen molar-refractivity contribution in [2.75, 3.05) is 24.3 Å². The molecule has 6 nitrogen and oxygen atoms in total. The predicted molar refractivity (Wildman–Crippen MR) is 116 cm³/mol. The second-order valence-corrected chi connectivity index (χ2v) is 8.58. The molecule has 156 valence electrons. The number of hydrogen-bond donors (Lipinski definition) is 1. The van der Waals surface area contributed by atoms with Crippen LogP contribution in [0, 0.1) is 6.92 Å². The van der Waals surface area contributed by atoms with Crippen LogP contribution in [0.5, 0.6) is 0 Å². The van der Waals surface area contributed by atoms with Crippen LogP contribution in [-0.2, 0) is 25.5 Å². The number of carbonyl (C=O) groups is 3. The Morgan fingerprint density at radius 2 is 1.83 bits per heavy atom. The standard InChI is InChI=1S/C20H22ClNO5S2/c1-4-15-12(3)29-19(18(15)20(25)26-5-2)22-16(23)10-27-17(24)11-28-14-8-6-13(21)7-9-14/h6-9H,4-5,10-11H2,1-3H3,(H,22,23). The highest BCUT2D eigenvalue weighted by Crippen LogP contribution is 2.34. The molecule has 0 atom stereocenters. The molecule has 2 aromatic rings. The van der Waals surface area contributed by atoms with Gasteiger partial charge in [-0.1, -0.05) is 18.5 Å². The summed E-state index contributed by atoms with van der Waals surface area (Å²) in [5.74, 6) is -1.42. The fraction of sp³-hybridized carbons (Fsp3) is 0.350. The average Bonchev–Trinajstić information content (AvgIpc) is 3.00. The lowest BCUT2D eigenvalue weighted by atomic mass is 10.1. The summed E-state index contributed by atoms with van der Waals surface area (Å²) >= 11 is 8.41. The van der Waals surface area contributed by atoms with Crippen LogP contribution in [0.15, 0.2) is 29.2 Å². The highest BCUT2D eigenvalue weighted by molar-refractivity contribution is 8.00. The van der Waals surface area contributed by atoms with Gasteiger partial charge in [-0.25, -0.2) is 4.79 Å². The SMILES string of the molecule is CCOC(=O)c1c(NC(=O)COC(=O)CSc2ccc(Cl)cc2)sc(C)c1CC. The highest BCUT2D eigenvalue weighted by Gasteiger charge is 2.23. The van der Waals surface area contributed by atoms with Crippen molar-refractivity contribution in [3.63, 3.8) is 0 Å². The first-order chi connectivity index (χ1) is 13.8. The average molecular weight is 456 g/mol. The van der Waals surface area contributed by atoms with Crippen molar-refractivity contribution < 1.29 is 23.9 Å². The molecular formula is C20H22ClNO5S2. The second kappa shape index (κ2) is 11.2. The number of ether oxygens (including phenoxy) is 2. The summed E-state index contributed by atoms with van der Waals surface area (Å²) in [6, 6.07) is 7.07. The number of amides is 1. The topological polar surface area (TPSA) is 81.7 Å². The zero-order valence-electron chi connectivity index (χ0n) is 16.4. The Morgan fingerprint density at radius 1 is 1.14 bits per heavy atom. The maximum absolute atomic E-state index is 12.3. The number of aryl methyl sites for hydroxylation is 1. The molecule has 1 aromatic carbocycles. The summed E-state index contributed by atoms with van der Waals surface area (Å²) in [6.07, 6.45) is 0.642. The number of carbonyl (C=O) groups excluding carboxylic acids is 3. The van der Waals surface area contributed by atoms with E-state index >= 15 is 0 Å². The molecule has 0 spiro atoms. The fourth-order valence-electron chi connectivity index (χ4n) is 2.54. The van der Waals surface area contributed by atoms with Crippen LogP contribution in [0.3, 0.4) is 0 Å². The maximum Gasteiger partial charge on any atom is 0.341 e. The van der Waals surface area contributed by atoms with E-state index in [0.29, 0.717) is 22.0 Å². The van der Waals surface area contributed by atoms with Gasteiger partial charge in [0.1, 0.15) is 5.00 Å². The number of anilines is 1. The van der Waals surface area contributed by atoms with Gasteiger partial charge in [-0.15, -0.1) is 23.1 Å². The lowest BCUT2D eigenvalue weighted by Gasteiger charge is -2.08. The van der Waals surface area contributed by atoms with Crippen molar-refractivity contribution in [3.8, 4) is 0 Å². The van der Waals surface area contributed by atoms with Gasteiger partial charge < -0.3 is 14.8 Å². The quantitative estimate of drug-likeness (QED) is 0.435. The predicted octanol–water partition coefficient (Wildman–Crippen LogP) is 4.72. The van der Waals surface area contributed by atoms with Gasteiger partial charge in [0.2, 0.25) is 0 Å². The molecule has 0 saturated carbocycles. The van der Waals surface area contributed by atoms with E-state index in [2.05, 4.69) is 5.32 Å². The van der Waals surface area contributed by atoms with Gasteiger partial charge in [-0.05, 0) is 50.1 Å². The van der Waals surface area contributed by atoms with Crippen LogP contribution < -0.4 is 5.32 Å². The summed E-state index contributed by atoms with van der Waals surface area (Å²) in [7, 11) is 0. The van der Waals surface area contributed by atoms with Crippen LogP contribution in [0.1, 0.15) is 34.6 Å². The molecule has 0 radical (unpaired) electrons. The second-order valence-electron chi connectivity index (χ2n) is 5.87. The lowest BCUT2D eigenvalue weighted by Crippen LogP contribution is -2.22. The Morgan fingerprint density at radius 3 is 2.45 bits per heavy atom. The molecule has 1 N–H and O–H groups in total. The van der Waals surface area contributed by atoms with Crippen molar-refractivity contribution in [2.24, 2.45) is 0 Å². The van der Waals surface area contributed by atoms with Crippen molar-refractivity contribution in [1.82, 2.24) is 0 Å². The first-order valence-electron chi connectivity index (χ1n) is 8.98. The van der Waals surface area contributed by atoms with E-state index in [0.717, 1.165) is 15.3 Å². The van der Waals surface area contributed by atoms with Gasteiger partial charge in [-0.2, -0.15) is 0 Å². The first-order valence-corrected chi connectivity index (χ1v) is 11.2. The van der Waals surface area contributed by atoms with Crippen molar-refractivity contribution in [2.45, 2.75) is 32.1 Å². The summed E-state index contributed by atoms with van der Waals surface area (Å²) in [4.78, 5) is 38.2. The van der Waals surface area contributed by atoms with Crippen molar-refractivity contribution in [3.05, 3.63) is 45.3 Å². The molecule has 2 rings (SSSR count). The van der Waals surface area contributed by atoms with E-state index in [1.165, 1.54) is 23.1 Å². The molecule has 0 aliphatic carbocycles. The lowest BCUT2D eigenvalue weighted by molar-refractivity contribution is -0.144. The van der Waals surface area contributed by atoms with E-state index in [1.807, 2.05) is 13.8 Å². The van der Waals surface area contributed by atoms with Crippen LogP contribution in [-0.4, -0.2) is 36.8 Å². The minimum Gasteiger partial charge on any atom is -0.462 e. The Kier molecular flexibility index (Phi) is 9.00. The Labute approximate surface area is 182 Å². The summed E-state index contributed by atoms with van der Waals surface area (Å²) < 4.78 is 10.1. The molecule has 1 heterocycles. The summed E-state index contributed by atoms with van der Waals surface area (Å²) in [5, 5.41) is 3.69. The third kappa shape index (κ3) is 6.76. The van der Waals surface area contributed by atoms with Crippen LogP contribution in [0.25, 0.3) is 0 Å². The minimum atomic E-state index is -0.512. The monoisotopic (exact) mass is 455 g/mol. The van der Waals surface area contributed by atoms with Gasteiger partial charge >= 0.3 is 11.9 Å². The Hall–Kier alpha value is -2.03. The molecule has 9 heteroatoms. The largest absolute Gasteiger partial charge is 0.462 e. The van der Waals surface area contributed by atoms with E-state index < -0.39 is 24.5 Å². The third-order valence-electron chi connectivity index (χ3n) is 3.83. The Balaban J connectivity index is 1.91. The molecular weight excluding hydrogens is 434 g/mol. The zero-order chi connectivity index (χ0) is 21.4. The molecule has 0 aliphatic rings. The van der Waals surface area contributed by atoms with Crippen LogP contribution >= 0.6 is 34.7 Å². The van der Waals surface area contributed by atoms with Gasteiger partial charge in [0.05, 0.1) is 17.9 Å². The van der Waals surface area contributed by atoms with E-state index in [-0.39, 0.29) is 12.4 Å². The number of benzene rings is 1. The Bertz CT molecular complexity index is 880. The molecule has 0 unspecified atom stereocenters. The van der Waals surface area contributed by atoms with Crippen LogP contribution in [0.2, 0.25) is 5.02 Å². The number of hydrogen-bond acceptors (Lipinski definition) is 7. The smallest absolute Gasteiger partial charge is 0.341 e. The first kappa shape index (κ1) is 23.3. The van der Waals surface area contributed by atoms with Crippen LogP contribution in [0.4, 0.5) is 5.00 Å². The fourth-order valence-corrected chi connectivity index (χ4v) is 4.51. The third-order valence-corrected chi connectivity index (χ3v) is 6.13. The van der Waals surface area contributed by atoms with Gasteiger partial charge in [0.25, 0.3) is 5.91 Å². The molecule has 0 bridgehead atoms.